The molecule has 2 aliphatic rings. The molecule has 1 amide bonds. The monoisotopic (exact) mass is 799 g/mol. The van der Waals surface area contributed by atoms with Crippen LogP contribution in [0.2, 0.25) is 0 Å². The van der Waals surface area contributed by atoms with Crippen LogP contribution in [0, 0.1) is 0 Å². The molecular formula is C25H29Br4N3O7. The van der Waals surface area contributed by atoms with Crippen molar-refractivity contribution >= 4 is 81.3 Å². The first-order valence-corrected chi connectivity index (χ1v) is 15.0. The highest BCUT2D eigenvalue weighted by atomic mass is 79.9. The van der Waals surface area contributed by atoms with Crippen molar-refractivity contribution in [2.75, 3.05) is 41.4 Å². The maximum Gasteiger partial charge on any atom is 0.269 e. The molecule has 0 bridgehead atoms. The Morgan fingerprint density at radius 3 is 2.46 bits per heavy atom. The zero-order chi connectivity index (χ0) is 29.1. The van der Waals surface area contributed by atoms with Gasteiger partial charge in [0.15, 0.2) is 5.60 Å². The second-order valence-electron chi connectivity index (χ2n) is 10.0. The van der Waals surface area contributed by atoms with Gasteiger partial charge in [0.1, 0.15) is 29.4 Å². The lowest BCUT2D eigenvalue weighted by atomic mass is 9.87. The van der Waals surface area contributed by atoms with E-state index >= 15 is 0 Å². The minimum Gasteiger partial charge on any atom is -0.544 e. The number of amides is 1. The van der Waals surface area contributed by atoms with Crippen molar-refractivity contribution < 1.29 is 38.6 Å². The van der Waals surface area contributed by atoms with Gasteiger partial charge < -0.3 is 39.1 Å². The fourth-order valence-electron chi connectivity index (χ4n) is 4.23. The highest BCUT2D eigenvalue weighted by Gasteiger charge is 2.50. The Balaban J connectivity index is 1.54. The van der Waals surface area contributed by atoms with Gasteiger partial charge in [-0.15, -0.1) is 0 Å². The van der Waals surface area contributed by atoms with Crippen molar-refractivity contribution in [3.8, 4) is 5.75 Å². The number of aliphatic hydroxyl groups is 1. The molecule has 0 saturated heterocycles. The largest absolute Gasteiger partial charge is 0.544 e. The van der Waals surface area contributed by atoms with Crippen LogP contribution in [0.15, 0.2) is 47.0 Å². The van der Waals surface area contributed by atoms with E-state index in [9.17, 15) is 19.8 Å². The van der Waals surface area contributed by atoms with Gasteiger partial charge in [0, 0.05) is 19.4 Å². The number of ether oxygens (including phenoxy) is 2. The molecule has 0 saturated carbocycles. The third kappa shape index (κ3) is 7.45. The van der Waals surface area contributed by atoms with E-state index in [1.54, 1.807) is 27.2 Å². The summed E-state index contributed by atoms with van der Waals surface area (Å²) < 4.78 is 13.7. The summed E-state index contributed by atoms with van der Waals surface area (Å²) in [5.74, 6) is -0.504. The number of hydrogen-bond donors (Lipinski definition) is 2. The van der Waals surface area contributed by atoms with E-state index in [4.69, 9.17) is 14.3 Å². The molecule has 214 valence electrons. The predicted molar refractivity (Wildman–Crippen MR) is 157 cm³/mol. The first-order valence-electron chi connectivity index (χ1n) is 11.9. The van der Waals surface area contributed by atoms with Gasteiger partial charge in [-0.2, -0.15) is 0 Å². The summed E-state index contributed by atoms with van der Waals surface area (Å²) in [6.07, 6.45) is 1.44. The van der Waals surface area contributed by atoms with Gasteiger partial charge in [-0.05, 0) is 93.9 Å². The van der Waals surface area contributed by atoms with Gasteiger partial charge in [0.2, 0.25) is 0 Å². The molecule has 3 atom stereocenters. The van der Waals surface area contributed by atoms with Gasteiger partial charge >= 0.3 is 0 Å². The fraction of sp³-hybridized carbons (Fsp3) is 0.480. The van der Waals surface area contributed by atoms with Gasteiger partial charge in [-0.1, -0.05) is 5.16 Å². The summed E-state index contributed by atoms with van der Waals surface area (Å²) in [6, 6.07) is 3.06. The van der Waals surface area contributed by atoms with Gasteiger partial charge in [0.05, 0.1) is 58.7 Å². The van der Waals surface area contributed by atoms with Crippen molar-refractivity contribution in [2.45, 2.75) is 37.0 Å². The third-order valence-corrected chi connectivity index (χ3v) is 8.91. The summed E-state index contributed by atoms with van der Waals surface area (Å²) in [7, 11) is 6.88. The Hall–Kier alpha value is -1.45. The number of nitrogens with one attached hydrogen (secondary N) is 1. The lowest BCUT2D eigenvalue weighted by molar-refractivity contribution is -0.889. The molecule has 1 aliphatic carbocycles. The average molecular weight is 803 g/mol. The number of aliphatic hydroxyl groups excluding tert-OH is 1. The maximum atomic E-state index is 12.8. The van der Waals surface area contributed by atoms with Crippen molar-refractivity contribution in [1.29, 1.82) is 0 Å². The Kier molecular flexibility index (Phi) is 10.7. The zero-order valence-electron chi connectivity index (χ0n) is 21.7. The van der Waals surface area contributed by atoms with Crippen molar-refractivity contribution in [3.63, 3.8) is 0 Å². The van der Waals surface area contributed by atoms with Crippen LogP contribution in [0.1, 0.15) is 18.4 Å². The van der Waals surface area contributed by atoms with Gasteiger partial charge in [0.25, 0.3) is 5.91 Å². The van der Waals surface area contributed by atoms with E-state index in [1.807, 2.05) is 12.1 Å². The number of rotatable bonds is 11. The van der Waals surface area contributed by atoms with Crippen LogP contribution in [-0.4, -0.2) is 86.3 Å². The number of benzene rings is 1. The van der Waals surface area contributed by atoms with Gasteiger partial charge in [-0.3, -0.25) is 4.79 Å². The Morgan fingerprint density at radius 2 is 1.90 bits per heavy atom. The van der Waals surface area contributed by atoms with Crippen LogP contribution in [0.3, 0.4) is 0 Å². The number of carbonyl (C=O) groups excluding carboxylic acids is 2. The number of hydrogen-bond acceptors (Lipinski definition) is 8. The highest BCUT2D eigenvalue weighted by molar-refractivity contribution is 9.12. The van der Waals surface area contributed by atoms with E-state index in [0.717, 1.165) is 5.56 Å². The number of aliphatic carboxylic acids is 1. The smallest absolute Gasteiger partial charge is 0.269 e. The number of likely N-dealkylation sites (N-methyl/N-ethyl adjacent to an activating group) is 1. The average Bonchev–Trinajstić information content (AvgIpc) is 3.25. The molecule has 39 heavy (non-hydrogen) atoms. The lowest BCUT2D eigenvalue weighted by Gasteiger charge is -2.34. The molecule has 0 unspecified atom stereocenters. The molecule has 0 fully saturated rings. The van der Waals surface area contributed by atoms with Crippen LogP contribution in [-0.2, 0) is 25.6 Å². The molecule has 2 N–H and O–H groups in total. The molecule has 0 aromatic heterocycles. The van der Waals surface area contributed by atoms with Crippen molar-refractivity contribution in [1.82, 2.24) is 5.32 Å². The van der Waals surface area contributed by atoms with E-state index in [1.165, 1.54) is 7.11 Å². The minimum absolute atomic E-state index is 0.0806. The second kappa shape index (κ2) is 13.0. The normalized spacial score (nSPS) is 21.7. The van der Waals surface area contributed by atoms with Crippen LogP contribution in [0.5, 0.6) is 5.75 Å². The number of methoxy groups -OCH3 is 1. The predicted octanol–water partition coefficient (Wildman–Crippen LogP) is 2.89. The molecule has 14 heteroatoms. The molecule has 3 rings (SSSR count). The van der Waals surface area contributed by atoms with E-state index < -0.39 is 23.7 Å². The van der Waals surface area contributed by atoms with Crippen molar-refractivity contribution in [2.24, 2.45) is 5.16 Å². The molecule has 1 aromatic carbocycles. The maximum absolute atomic E-state index is 12.8. The Bertz CT molecular complexity index is 1210. The number of oxime groups is 1. The Labute approximate surface area is 260 Å². The van der Waals surface area contributed by atoms with E-state index in [2.05, 4.69) is 74.2 Å². The number of quaternary nitrogens is 1. The van der Waals surface area contributed by atoms with Gasteiger partial charge in [-0.25, -0.2) is 0 Å². The third-order valence-electron chi connectivity index (χ3n) is 6.35. The first-order chi connectivity index (χ1) is 18.2. The molecular weight excluding hydrogens is 774 g/mol. The number of carboxylic acids is 1. The lowest BCUT2D eigenvalue weighted by Crippen LogP contribution is -2.55. The standard InChI is InChI=1S/C25H29Br4N3O7/c1-32(2,3)18(24(35)36)6-8-38-20-14(26)9-13(10-15(20)27)5-7-30-23(34)17-12-25(39-31-17)11-16(28)21(37-4)19(29)22(25)33/h9-11,18,22,33H,5-8,12H2,1-4H3,(H-,30,34,35,36)/t18-,22-,25+/m0/s1. The van der Waals surface area contributed by atoms with Crippen LogP contribution in [0.25, 0.3) is 0 Å². The summed E-state index contributed by atoms with van der Waals surface area (Å²) in [6.45, 7) is 0.534. The van der Waals surface area contributed by atoms with Crippen LogP contribution >= 0.6 is 63.7 Å². The fourth-order valence-corrected chi connectivity index (χ4v) is 7.53. The topological polar surface area (TPSA) is 130 Å². The molecule has 1 aliphatic heterocycles. The highest BCUT2D eigenvalue weighted by Crippen LogP contribution is 2.44. The zero-order valence-corrected chi connectivity index (χ0v) is 28.1. The Morgan fingerprint density at radius 1 is 1.26 bits per heavy atom. The van der Waals surface area contributed by atoms with E-state index in [-0.39, 0.29) is 35.6 Å². The van der Waals surface area contributed by atoms with Crippen molar-refractivity contribution in [3.05, 3.63) is 47.4 Å². The molecule has 1 aromatic rings. The number of allylic oxidation sites excluding steroid dienone is 1. The number of carboxylic acid groups (broad SMARTS) is 1. The minimum atomic E-state index is -1.22. The number of nitrogens with zero attached hydrogens (tertiary/aromatic N) is 2. The first kappa shape index (κ1) is 32.1. The summed E-state index contributed by atoms with van der Waals surface area (Å²) in [4.78, 5) is 29.8. The summed E-state index contributed by atoms with van der Waals surface area (Å²) >= 11 is 13.8. The summed E-state index contributed by atoms with van der Waals surface area (Å²) in [5, 5.41) is 29.0. The van der Waals surface area contributed by atoms with E-state index in [0.29, 0.717) is 42.4 Å². The molecule has 0 radical (unpaired) electrons. The molecule has 1 heterocycles. The number of carbonyl (C=O) groups is 2. The second-order valence-corrected chi connectivity index (χ2v) is 13.4. The van der Waals surface area contributed by atoms with Crippen LogP contribution in [0.4, 0.5) is 0 Å². The van der Waals surface area contributed by atoms with Crippen LogP contribution < -0.4 is 15.2 Å². The quantitative estimate of drug-likeness (QED) is 0.330. The summed E-state index contributed by atoms with van der Waals surface area (Å²) in [5.41, 5.74) is -0.121. The molecule has 10 nitrogen and oxygen atoms in total. The molecule has 1 spiro atoms. The SMILES string of the molecule is COC1=C(Br)[C@H](O)[C@@]2(C=C1Br)CC(C(=O)NCCc1cc(Br)c(OCC[C@@H](C(=O)[O-])[N+](C)(C)C)c(Br)c1)=NO2. The number of halogens is 4.